The van der Waals surface area contributed by atoms with E-state index < -0.39 is 41.6 Å². The first-order chi connectivity index (χ1) is 24.1. The Labute approximate surface area is 301 Å². The van der Waals surface area contributed by atoms with Crippen molar-refractivity contribution in [1.29, 1.82) is 0 Å². The Balaban J connectivity index is 2.23. The fourth-order valence-corrected chi connectivity index (χ4v) is 6.00. The molecule has 4 bridgehead atoms. The van der Waals surface area contributed by atoms with Gasteiger partial charge in [0, 0.05) is 42.9 Å². The summed E-state index contributed by atoms with van der Waals surface area (Å²) in [4.78, 5) is 68.0. The van der Waals surface area contributed by atoms with Crippen LogP contribution in [0.15, 0.2) is 36.4 Å². The third-order valence-electron chi connectivity index (χ3n) is 8.71. The third kappa shape index (κ3) is 11.2. The van der Waals surface area contributed by atoms with Crippen LogP contribution in [0.1, 0.15) is 91.3 Å². The zero-order valence-electron chi connectivity index (χ0n) is 31.6. The van der Waals surface area contributed by atoms with Gasteiger partial charge in [-0.1, -0.05) is 39.8 Å². The quantitative estimate of drug-likeness (QED) is 0.206. The molecule has 0 radical (unpaired) electrons. The van der Waals surface area contributed by atoms with Crippen molar-refractivity contribution in [3.8, 4) is 22.6 Å². The maximum absolute atomic E-state index is 14.2. The lowest BCUT2D eigenvalue weighted by Gasteiger charge is -2.32. The van der Waals surface area contributed by atoms with Crippen molar-refractivity contribution in [2.24, 2.45) is 11.8 Å². The minimum Gasteiger partial charge on any atom is -0.493 e. The van der Waals surface area contributed by atoms with Crippen molar-refractivity contribution in [2.45, 2.75) is 98.3 Å². The van der Waals surface area contributed by atoms with Crippen molar-refractivity contribution in [2.75, 3.05) is 33.9 Å². The normalized spacial score (nSPS) is 17.9. The summed E-state index contributed by atoms with van der Waals surface area (Å²) >= 11 is 0. The van der Waals surface area contributed by atoms with Crippen LogP contribution >= 0.6 is 0 Å². The highest BCUT2D eigenvalue weighted by Gasteiger charge is 2.35. The number of carbonyl (C=O) groups is 5. The molecule has 280 valence electrons. The summed E-state index contributed by atoms with van der Waals surface area (Å²) in [5, 5.41) is 5.47. The molecule has 0 fully saturated rings. The van der Waals surface area contributed by atoms with Gasteiger partial charge in [-0.2, -0.15) is 0 Å². The Morgan fingerprint density at radius 3 is 2.18 bits per heavy atom. The van der Waals surface area contributed by atoms with Gasteiger partial charge in [0.05, 0.1) is 20.3 Å². The predicted molar refractivity (Wildman–Crippen MR) is 193 cm³/mol. The van der Waals surface area contributed by atoms with Crippen LogP contribution < -0.4 is 20.1 Å². The first-order valence-corrected chi connectivity index (χ1v) is 17.8. The first-order valence-electron chi connectivity index (χ1n) is 17.8. The number of fused-ring (bicyclic) bond motifs is 5. The molecule has 0 saturated carbocycles. The van der Waals surface area contributed by atoms with E-state index in [2.05, 4.69) is 10.6 Å². The molecule has 0 saturated heterocycles. The van der Waals surface area contributed by atoms with Gasteiger partial charge in [-0.05, 0) is 75.4 Å². The van der Waals surface area contributed by atoms with Crippen LogP contribution in [0.5, 0.6) is 11.5 Å². The zero-order chi connectivity index (χ0) is 37.9. The van der Waals surface area contributed by atoms with Gasteiger partial charge in [-0.3, -0.25) is 14.4 Å². The molecule has 12 nitrogen and oxygen atoms in total. The molecule has 12 heteroatoms. The summed E-state index contributed by atoms with van der Waals surface area (Å²) in [7, 11) is 2.87. The molecule has 3 amide bonds. The molecule has 1 heterocycles. The number of likely N-dealkylation sites (N-methyl/N-ethyl adjacent to an activating group) is 1. The largest absolute Gasteiger partial charge is 0.493 e. The van der Waals surface area contributed by atoms with Crippen molar-refractivity contribution >= 4 is 29.7 Å². The number of nitrogens with zero attached hydrogens (tertiary/aromatic N) is 1. The van der Waals surface area contributed by atoms with E-state index in [0.717, 1.165) is 6.42 Å². The monoisotopic (exact) mass is 709 g/mol. The molecule has 2 aromatic carbocycles. The molecule has 3 rings (SSSR count). The van der Waals surface area contributed by atoms with Gasteiger partial charge < -0.3 is 34.5 Å². The minimum absolute atomic E-state index is 0.100. The number of hydrogen-bond acceptors (Lipinski definition) is 9. The molecular weight excluding hydrogens is 654 g/mol. The van der Waals surface area contributed by atoms with Gasteiger partial charge in [-0.15, -0.1) is 0 Å². The average Bonchev–Trinajstić information content (AvgIpc) is 3.08. The summed E-state index contributed by atoms with van der Waals surface area (Å²) in [5.74, 6) is -1.69. The number of methoxy groups -OCH3 is 1. The van der Waals surface area contributed by atoms with E-state index >= 15 is 0 Å². The van der Waals surface area contributed by atoms with Crippen molar-refractivity contribution in [3.63, 3.8) is 0 Å². The Morgan fingerprint density at radius 2 is 1.57 bits per heavy atom. The number of ether oxygens (including phenoxy) is 4. The molecular formula is C39H55N3O9. The molecule has 1 aliphatic rings. The maximum atomic E-state index is 14.2. The summed E-state index contributed by atoms with van der Waals surface area (Å²) in [5.41, 5.74) is 1.81. The van der Waals surface area contributed by atoms with Crippen LogP contribution in [-0.2, 0) is 35.1 Å². The number of rotatable bonds is 12. The molecule has 0 aliphatic carbocycles. The van der Waals surface area contributed by atoms with E-state index in [4.69, 9.17) is 18.9 Å². The standard InChI is InChI=1S/C39H55N3O9/c1-10-18-49-33-16-14-27-23-29(33)28-21-25(13-15-32(28)50-19-17-40-38(47)51-39(5,6)7)22-30(37(46)48-9)41-35(44)24(4)20-31(43)34(27)42(8)36(45)26(11-2)12-3/h13-16,21,23-24,26,30,34H,10-12,17-20,22H2,1-9H3,(H,40,47)(H,41,44)/t24-,30+,34+/m1/s1. The number of amides is 3. The van der Waals surface area contributed by atoms with E-state index in [9.17, 15) is 24.0 Å². The first kappa shape index (κ1) is 40.8. The molecule has 2 aromatic rings. The van der Waals surface area contributed by atoms with Gasteiger partial charge in [0.15, 0.2) is 5.78 Å². The molecule has 0 unspecified atom stereocenters. The van der Waals surface area contributed by atoms with Gasteiger partial charge in [0.25, 0.3) is 0 Å². The maximum Gasteiger partial charge on any atom is 0.407 e. The van der Waals surface area contributed by atoms with Gasteiger partial charge in [0.2, 0.25) is 11.8 Å². The van der Waals surface area contributed by atoms with Gasteiger partial charge >= 0.3 is 12.1 Å². The number of benzene rings is 2. The lowest BCUT2D eigenvalue weighted by atomic mass is 9.89. The van der Waals surface area contributed by atoms with E-state index in [1.165, 1.54) is 12.0 Å². The highest BCUT2D eigenvalue weighted by atomic mass is 16.6. The summed E-state index contributed by atoms with van der Waals surface area (Å²) < 4.78 is 22.8. The van der Waals surface area contributed by atoms with E-state index in [1.807, 2.05) is 32.9 Å². The number of Topliss-reactive ketones (excluding diaryl/α,β-unsaturated/α-hetero) is 1. The Hall–Kier alpha value is -4.61. The lowest BCUT2D eigenvalue weighted by Crippen LogP contribution is -2.46. The lowest BCUT2D eigenvalue weighted by molar-refractivity contribution is -0.146. The Morgan fingerprint density at radius 1 is 0.941 bits per heavy atom. The third-order valence-corrected chi connectivity index (χ3v) is 8.71. The van der Waals surface area contributed by atoms with Gasteiger partial charge in [-0.25, -0.2) is 9.59 Å². The van der Waals surface area contributed by atoms with Crippen LogP contribution in [0, 0.1) is 11.8 Å². The summed E-state index contributed by atoms with van der Waals surface area (Å²) in [6, 6.07) is 8.77. The number of esters is 1. The number of ketones is 1. The molecule has 0 aromatic heterocycles. The highest BCUT2D eigenvalue weighted by molar-refractivity contribution is 5.95. The van der Waals surface area contributed by atoms with Crippen molar-refractivity contribution in [1.82, 2.24) is 15.5 Å². The van der Waals surface area contributed by atoms with Crippen LogP contribution in [0.2, 0.25) is 0 Å². The molecule has 2 N–H and O–H groups in total. The summed E-state index contributed by atoms with van der Waals surface area (Å²) in [6.07, 6.45) is 1.33. The smallest absolute Gasteiger partial charge is 0.407 e. The predicted octanol–water partition coefficient (Wildman–Crippen LogP) is 5.79. The fraction of sp³-hybridized carbons (Fsp3) is 0.564. The molecule has 51 heavy (non-hydrogen) atoms. The van der Waals surface area contributed by atoms with E-state index in [-0.39, 0.29) is 43.6 Å². The second kappa shape index (κ2) is 18.6. The molecule has 1 aliphatic heterocycles. The SMILES string of the molecule is CCCOc1ccc2cc1-c1cc(ccc1OCCNC(=O)OC(C)(C)C)C[C@@H](C(=O)OC)NC(=O)[C@H](C)CC(=O)[C@H]2N(C)C(=O)C(CC)CC. The Bertz CT molecular complexity index is 1550. The zero-order valence-corrected chi connectivity index (χ0v) is 31.6. The van der Waals surface area contributed by atoms with Gasteiger partial charge in [0.1, 0.15) is 35.8 Å². The fourth-order valence-electron chi connectivity index (χ4n) is 6.00. The second-order valence-electron chi connectivity index (χ2n) is 13.9. The van der Waals surface area contributed by atoms with Crippen molar-refractivity contribution in [3.05, 3.63) is 47.5 Å². The van der Waals surface area contributed by atoms with Crippen LogP contribution in [0.3, 0.4) is 0 Å². The summed E-state index contributed by atoms with van der Waals surface area (Å²) in [6.45, 7) is 13.5. The topological polar surface area (TPSA) is 150 Å². The van der Waals surface area contributed by atoms with Crippen LogP contribution in [0.4, 0.5) is 4.79 Å². The van der Waals surface area contributed by atoms with E-state index in [0.29, 0.717) is 53.2 Å². The highest BCUT2D eigenvalue weighted by Crippen LogP contribution is 2.41. The van der Waals surface area contributed by atoms with Crippen LogP contribution in [0.25, 0.3) is 11.1 Å². The van der Waals surface area contributed by atoms with Crippen LogP contribution in [-0.4, -0.2) is 80.1 Å². The minimum atomic E-state index is -1.03. The number of hydrogen-bond donors (Lipinski definition) is 2. The molecule has 3 atom stereocenters. The number of carbonyl (C=O) groups excluding carboxylic acids is 5. The number of alkyl carbamates (subject to hydrolysis) is 1. The van der Waals surface area contributed by atoms with Crippen molar-refractivity contribution < 1.29 is 42.9 Å². The Kier molecular flexibility index (Phi) is 14.9. The second-order valence-corrected chi connectivity index (χ2v) is 13.9. The van der Waals surface area contributed by atoms with E-state index in [1.54, 1.807) is 59.0 Å². The molecule has 0 spiro atoms. The number of nitrogens with one attached hydrogen (secondary N) is 2. The average molecular weight is 710 g/mol.